The molecular formula is C4H9N3. The van der Waals surface area contributed by atoms with Gasteiger partial charge in [-0.05, 0) is 0 Å². The van der Waals surface area contributed by atoms with Gasteiger partial charge in [-0.2, -0.15) is 5.53 Å². The van der Waals surface area contributed by atoms with Gasteiger partial charge in [-0.1, -0.05) is 11.3 Å². The van der Waals surface area contributed by atoms with Gasteiger partial charge in [0.25, 0.3) is 0 Å². The summed E-state index contributed by atoms with van der Waals surface area (Å²) in [6, 6.07) is 0. The molecule has 0 bridgehead atoms. The Morgan fingerprint density at radius 3 is 2.71 bits per heavy atom. The van der Waals surface area contributed by atoms with Crippen LogP contribution in [0.2, 0.25) is 0 Å². The summed E-state index contributed by atoms with van der Waals surface area (Å²) in [5, 5.41) is 4.57. The van der Waals surface area contributed by atoms with E-state index in [4.69, 9.17) is 5.53 Å². The molecular weight excluding hydrogens is 90.1 g/mol. The lowest BCUT2D eigenvalue weighted by Gasteiger charge is -2.03. The van der Waals surface area contributed by atoms with Crippen LogP contribution in [-0.2, 0) is 0 Å². The fourth-order valence-corrected chi connectivity index (χ4v) is 0.228. The van der Waals surface area contributed by atoms with E-state index in [2.05, 4.69) is 11.8 Å². The Kier molecular flexibility index (Phi) is 2.92. The van der Waals surface area contributed by atoms with Gasteiger partial charge in [-0.3, -0.25) is 5.01 Å². The molecule has 0 radical (unpaired) electrons. The highest BCUT2D eigenvalue weighted by atomic mass is 15.5. The quantitative estimate of drug-likeness (QED) is 0.320. The Morgan fingerprint density at radius 2 is 2.57 bits per heavy atom. The lowest BCUT2D eigenvalue weighted by molar-refractivity contribution is 0.356. The van der Waals surface area contributed by atoms with Crippen molar-refractivity contribution in [3.63, 3.8) is 0 Å². The van der Waals surface area contributed by atoms with E-state index in [9.17, 15) is 0 Å². The zero-order valence-electron chi connectivity index (χ0n) is 4.39. The van der Waals surface area contributed by atoms with Crippen LogP contribution in [0.4, 0.5) is 0 Å². The summed E-state index contributed by atoms with van der Waals surface area (Å²) in [6.07, 6.45) is 1.69. The topological polar surface area (TPSA) is 39.5 Å². The summed E-state index contributed by atoms with van der Waals surface area (Å²) in [4.78, 5) is 0. The molecule has 0 saturated carbocycles. The van der Waals surface area contributed by atoms with Crippen molar-refractivity contribution < 1.29 is 0 Å². The second-order valence-electron chi connectivity index (χ2n) is 1.23. The van der Waals surface area contributed by atoms with Crippen molar-refractivity contribution in [3.8, 4) is 0 Å². The van der Waals surface area contributed by atoms with E-state index in [1.165, 1.54) is 5.01 Å². The molecule has 3 heteroatoms. The van der Waals surface area contributed by atoms with Crippen LogP contribution >= 0.6 is 0 Å². The minimum Gasteiger partial charge on any atom is -0.278 e. The summed E-state index contributed by atoms with van der Waals surface area (Å²) in [5.74, 6) is 0. The molecule has 40 valence electrons. The van der Waals surface area contributed by atoms with Gasteiger partial charge < -0.3 is 0 Å². The van der Waals surface area contributed by atoms with E-state index < -0.39 is 0 Å². The minimum atomic E-state index is 0.642. The fraction of sp³-hybridized carbons (Fsp3) is 0.500. The van der Waals surface area contributed by atoms with Crippen LogP contribution in [-0.4, -0.2) is 18.6 Å². The van der Waals surface area contributed by atoms with E-state index in [1.54, 1.807) is 13.1 Å². The third-order valence-corrected chi connectivity index (χ3v) is 0.564. The first-order valence-electron chi connectivity index (χ1n) is 2.00. The molecule has 0 amide bonds. The number of hydrogen-bond donors (Lipinski definition) is 1. The second-order valence-corrected chi connectivity index (χ2v) is 1.23. The van der Waals surface area contributed by atoms with Gasteiger partial charge in [0, 0.05) is 7.05 Å². The molecule has 0 aromatic heterocycles. The Morgan fingerprint density at radius 1 is 2.00 bits per heavy atom. The molecule has 0 aliphatic rings. The van der Waals surface area contributed by atoms with Crippen LogP contribution in [0.1, 0.15) is 0 Å². The van der Waals surface area contributed by atoms with Gasteiger partial charge in [-0.25, -0.2) is 0 Å². The molecule has 0 aliphatic carbocycles. The molecule has 0 spiro atoms. The minimum absolute atomic E-state index is 0.642. The molecule has 0 heterocycles. The van der Waals surface area contributed by atoms with Crippen LogP contribution in [0, 0.1) is 5.53 Å². The van der Waals surface area contributed by atoms with Crippen molar-refractivity contribution in [3.05, 3.63) is 12.7 Å². The third kappa shape index (κ3) is 2.96. The van der Waals surface area contributed by atoms with Gasteiger partial charge in [0.15, 0.2) is 0 Å². The SMILES string of the molecule is C=CCN(C)N=N. The van der Waals surface area contributed by atoms with Crippen LogP contribution in [0.25, 0.3) is 0 Å². The third-order valence-electron chi connectivity index (χ3n) is 0.564. The van der Waals surface area contributed by atoms with E-state index in [0.717, 1.165) is 0 Å². The van der Waals surface area contributed by atoms with Crippen molar-refractivity contribution in [1.29, 1.82) is 5.53 Å². The lowest BCUT2D eigenvalue weighted by atomic mass is 10.6. The molecule has 0 aromatic carbocycles. The average molecular weight is 99.1 g/mol. The highest BCUT2D eigenvalue weighted by molar-refractivity contribution is 4.67. The Hall–Kier alpha value is -0.860. The second kappa shape index (κ2) is 3.33. The first-order valence-corrected chi connectivity index (χ1v) is 2.00. The largest absolute Gasteiger partial charge is 0.278 e. The van der Waals surface area contributed by atoms with Crippen molar-refractivity contribution in [2.24, 2.45) is 5.22 Å². The predicted octanol–water partition coefficient (Wildman–Crippen LogP) is 1.05. The molecule has 0 aromatic rings. The summed E-state index contributed by atoms with van der Waals surface area (Å²) < 4.78 is 0. The van der Waals surface area contributed by atoms with E-state index in [0.29, 0.717) is 6.54 Å². The molecule has 0 saturated heterocycles. The predicted molar refractivity (Wildman–Crippen MR) is 28.0 cm³/mol. The Bertz CT molecular complexity index is 69.3. The van der Waals surface area contributed by atoms with Crippen molar-refractivity contribution >= 4 is 0 Å². The van der Waals surface area contributed by atoms with Crippen LogP contribution in [0.3, 0.4) is 0 Å². The first kappa shape index (κ1) is 6.14. The zero-order chi connectivity index (χ0) is 5.70. The molecule has 7 heavy (non-hydrogen) atoms. The molecule has 1 N–H and O–H groups in total. The summed E-state index contributed by atoms with van der Waals surface area (Å²) >= 11 is 0. The fourth-order valence-electron chi connectivity index (χ4n) is 0.228. The lowest BCUT2D eigenvalue weighted by Crippen LogP contribution is -2.07. The van der Waals surface area contributed by atoms with Crippen molar-refractivity contribution in [2.75, 3.05) is 13.6 Å². The molecule has 0 rings (SSSR count). The Balaban J connectivity index is 3.15. The van der Waals surface area contributed by atoms with Gasteiger partial charge in [-0.15, -0.1) is 6.58 Å². The maximum absolute atomic E-state index is 6.42. The maximum Gasteiger partial charge on any atom is 0.0552 e. The van der Waals surface area contributed by atoms with E-state index in [-0.39, 0.29) is 0 Å². The monoisotopic (exact) mass is 99.1 g/mol. The Labute approximate surface area is 43.1 Å². The summed E-state index contributed by atoms with van der Waals surface area (Å²) in [5.41, 5.74) is 6.42. The summed E-state index contributed by atoms with van der Waals surface area (Å²) in [7, 11) is 1.72. The van der Waals surface area contributed by atoms with Gasteiger partial charge >= 0.3 is 0 Å². The van der Waals surface area contributed by atoms with Crippen LogP contribution in [0.5, 0.6) is 0 Å². The highest BCUT2D eigenvalue weighted by Crippen LogP contribution is 1.78. The highest BCUT2D eigenvalue weighted by Gasteiger charge is 1.80. The molecule has 3 nitrogen and oxygen atoms in total. The molecule has 0 unspecified atom stereocenters. The van der Waals surface area contributed by atoms with Crippen LogP contribution in [0.15, 0.2) is 17.9 Å². The van der Waals surface area contributed by atoms with Gasteiger partial charge in [0.2, 0.25) is 0 Å². The standard InChI is InChI=1S/C4H9N3/c1-3-4-7(2)6-5/h3,5H,1,4H2,2H3. The number of rotatable bonds is 3. The maximum atomic E-state index is 6.42. The number of likely N-dealkylation sites (N-methyl/N-ethyl adjacent to an activating group) is 1. The van der Waals surface area contributed by atoms with E-state index in [1.807, 2.05) is 0 Å². The van der Waals surface area contributed by atoms with E-state index >= 15 is 0 Å². The molecule has 0 aliphatic heterocycles. The number of hydrogen-bond acceptors (Lipinski definition) is 2. The van der Waals surface area contributed by atoms with Gasteiger partial charge in [0.1, 0.15) is 0 Å². The van der Waals surface area contributed by atoms with Crippen molar-refractivity contribution in [2.45, 2.75) is 0 Å². The number of nitrogens with zero attached hydrogens (tertiary/aromatic N) is 2. The van der Waals surface area contributed by atoms with Gasteiger partial charge in [0.05, 0.1) is 6.54 Å². The molecule has 0 atom stereocenters. The smallest absolute Gasteiger partial charge is 0.0552 e. The summed E-state index contributed by atoms with van der Waals surface area (Å²) in [6.45, 7) is 4.11. The zero-order valence-corrected chi connectivity index (χ0v) is 4.39. The average Bonchev–Trinajstić information content (AvgIpc) is 1.68. The normalized spacial score (nSPS) is 7.57. The molecule has 0 fully saturated rings. The van der Waals surface area contributed by atoms with Crippen LogP contribution < -0.4 is 0 Å². The first-order chi connectivity index (χ1) is 3.31. The van der Waals surface area contributed by atoms with Crippen molar-refractivity contribution in [1.82, 2.24) is 5.01 Å². The number of nitrogens with one attached hydrogen (secondary N) is 1.